The van der Waals surface area contributed by atoms with Crippen molar-refractivity contribution < 1.29 is 8.94 Å². The lowest BCUT2D eigenvalue weighted by atomic mass is 10.1. The first-order valence-corrected chi connectivity index (χ1v) is 10.5. The van der Waals surface area contributed by atoms with Gasteiger partial charge in [0.2, 0.25) is 17.6 Å². The van der Waals surface area contributed by atoms with E-state index >= 15 is 0 Å². The summed E-state index contributed by atoms with van der Waals surface area (Å²) in [5.41, 5.74) is 3.32. The Hall–Kier alpha value is -2.45. The van der Waals surface area contributed by atoms with Crippen molar-refractivity contribution >= 4 is 23.1 Å². The molecule has 0 bridgehead atoms. The smallest absolute Gasteiger partial charge is 0.276 e. The molecule has 0 unspecified atom stereocenters. The number of rotatable bonds is 7. The summed E-state index contributed by atoms with van der Waals surface area (Å²) in [6.07, 6.45) is 1.61. The van der Waals surface area contributed by atoms with Crippen LogP contribution in [-0.2, 0) is 6.42 Å². The standard InChI is InChI=1S/C19H18N4O2S2/c1-12-9-13(2)11-14(10-12)18-21-22-19(24-18)27-8-4-6-16-20-17(23-25-16)15-5-3-7-26-15/h3,5,7,9-11H,4,6,8H2,1-2H3. The molecular formula is C19H18N4O2S2. The maximum atomic E-state index is 5.78. The molecule has 0 aliphatic rings. The molecule has 0 saturated carbocycles. The summed E-state index contributed by atoms with van der Waals surface area (Å²) in [6, 6.07) is 10.2. The van der Waals surface area contributed by atoms with Crippen LogP contribution in [0.2, 0.25) is 0 Å². The van der Waals surface area contributed by atoms with Crippen LogP contribution in [0, 0.1) is 13.8 Å². The first-order valence-electron chi connectivity index (χ1n) is 8.59. The predicted octanol–water partition coefficient (Wildman–Crippen LogP) is 5.19. The van der Waals surface area contributed by atoms with Crippen LogP contribution >= 0.6 is 23.1 Å². The van der Waals surface area contributed by atoms with Crippen LogP contribution in [-0.4, -0.2) is 26.1 Å². The largest absolute Gasteiger partial charge is 0.411 e. The van der Waals surface area contributed by atoms with Crippen LogP contribution in [0.3, 0.4) is 0 Å². The zero-order valence-electron chi connectivity index (χ0n) is 15.0. The number of aryl methyl sites for hydroxylation is 3. The topological polar surface area (TPSA) is 77.8 Å². The van der Waals surface area contributed by atoms with E-state index in [-0.39, 0.29) is 0 Å². The molecule has 1 aromatic carbocycles. The Morgan fingerprint density at radius 1 is 1.11 bits per heavy atom. The minimum absolute atomic E-state index is 0.557. The molecule has 0 amide bonds. The van der Waals surface area contributed by atoms with Crippen molar-refractivity contribution in [3.8, 4) is 22.2 Å². The minimum atomic E-state index is 0.557. The number of aromatic nitrogens is 4. The molecule has 4 aromatic rings. The molecule has 138 valence electrons. The zero-order valence-corrected chi connectivity index (χ0v) is 16.6. The molecule has 0 spiro atoms. The Bertz CT molecular complexity index is 1000. The molecule has 0 aliphatic carbocycles. The van der Waals surface area contributed by atoms with Gasteiger partial charge < -0.3 is 8.94 Å². The van der Waals surface area contributed by atoms with E-state index in [0.717, 1.165) is 29.0 Å². The third-order valence-corrected chi connectivity index (χ3v) is 5.62. The van der Waals surface area contributed by atoms with Crippen LogP contribution in [0.4, 0.5) is 0 Å². The maximum Gasteiger partial charge on any atom is 0.276 e. The number of thiophene rings is 1. The summed E-state index contributed by atoms with van der Waals surface area (Å²) < 4.78 is 11.1. The van der Waals surface area contributed by atoms with Crippen LogP contribution in [0.15, 0.2) is 49.9 Å². The van der Waals surface area contributed by atoms with E-state index in [0.29, 0.717) is 22.8 Å². The SMILES string of the molecule is Cc1cc(C)cc(-c2nnc(SCCCc3nc(-c4cccs4)no3)o2)c1. The highest BCUT2D eigenvalue weighted by Crippen LogP contribution is 2.26. The van der Waals surface area contributed by atoms with Gasteiger partial charge in [0, 0.05) is 17.7 Å². The summed E-state index contributed by atoms with van der Waals surface area (Å²) in [7, 11) is 0. The Morgan fingerprint density at radius 2 is 1.96 bits per heavy atom. The molecule has 4 rings (SSSR count). The fourth-order valence-corrected chi connectivity index (χ4v) is 4.08. The minimum Gasteiger partial charge on any atom is -0.411 e. The molecule has 27 heavy (non-hydrogen) atoms. The first-order chi connectivity index (χ1) is 13.2. The molecule has 3 heterocycles. The summed E-state index contributed by atoms with van der Waals surface area (Å²) in [4.78, 5) is 5.45. The van der Waals surface area contributed by atoms with Crippen molar-refractivity contribution in [1.82, 2.24) is 20.3 Å². The van der Waals surface area contributed by atoms with Crippen molar-refractivity contribution in [3.63, 3.8) is 0 Å². The Balaban J connectivity index is 1.29. The van der Waals surface area contributed by atoms with Crippen LogP contribution in [0.1, 0.15) is 23.4 Å². The lowest BCUT2D eigenvalue weighted by molar-refractivity contribution is 0.378. The number of nitrogens with zero attached hydrogens (tertiary/aromatic N) is 4. The third kappa shape index (κ3) is 4.45. The predicted molar refractivity (Wildman–Crippen MR) is 106 cm³/mol. The molecule has 0 saturated heterocycles. The van der Waals surface area contributed by atoms with Gasteiger partial charge in [0.25, 0.3) is 5.22 Å². The van der Waals surface area contributed by atoms with E-state index in [1.54, 1.807) is 23.1 Å². The fourth-order valence-electron chi connectivity index (χ4n) is 2.73. The average Bonchev–Trinajstić information content (AvgIpc) is 3.38. The van der Waals surface area contributed by atoms with E-state index in [2.05, 4.69) is 52.4 Å². The van der Waals surface area contributed by atoms with E-state index in [4.69, 9.17) is 8.94 Å². The van der Waals surface area contributed by atoms with Crippen molar-refractivity contribution in [1.29, 1.82) is 0 Å². The highest BCUT2D eigenvalue weighted by molar-refractivity contribution is 7.99. The summed E-state index contributed by atoms with van der Waals surface area (Å²) in [6.45, 7) is 4.12. The van der Waals surface area contributed by atoms with Gasteiger partial charge in [-0.25, -0.2) is 0 Å². The lowest BCUT2D eigenvalue weighted by Gasteiger charge is -2.00. The van der Waals surface area contributed by atoms with Gasteiger partial charge in [0.15, 0.2) is 0 Å². The lowest BCUT2D eigenvalue weighted by Crippen LogP contribution is -1.88. The van der Waals surface area contributed by atoms with E-state index < -0.39 is 0 Å². The number of hydrogen-bond acceptors (Lipinski definition) is 8. The molecule has 0 radical (unpaired) electrons. The second kappa shape index (κ2) is 8.06. The van der Waals surface area contributed by atoms with Crippen molar-refractivity contribution in [2.45, 2.75) is 31.9 Å². The van der Waals surface area contributed by atoms with E-state index in [9.17, 15) is 0 Å². The van der Waals surface area contributed by atoms with Crippen LogP contribution in [0.5, 0.6) is 0 Å². The molecule has 6 nitrogen and oxygen atoms in total. The molecule has 0 aliphatic heterocycles. The van der Waals surface area contributed by atoms with Crippen molar-refractivity contribution in [2.75, 3.05) is 5.75 Å². The molecule has 0 atom stereocenters. The Morgan fingerprint density at radius 3 is 2.74 bits per heavy atom. The summed E-state index contributed by atoms with van der Waals surface area (Å²) in [5, 5.41) is 14.9. The van der Waals surface area contributed by atoms with Crippen LogP contribution in [0.25, 0.3) is 22.2 Å². The summed E-state index contributed by atoms with van der Waals surface area (Å²) >= 11 is 3.14. The van der Waals surface area contributed by atoms with Gasteiger partial charge in [-0.15, -0.1) is 21.5 Å². The molecule has 8 heteroatoms. The molecular weight excluding hydrogens is 380 g/mol. The summed E-state index contributed by atoms with van der Waals surface area (Å²) in [5.74, 6) is 2.70. The zero-order chi connectivity index (χ0) is 18.6. The second-order valence-corrected chi connectivity index (χ2v) is 8.18. The van der Waals surface area contributed by atoms with Gasteiger partial charge in [0.1, 0.15) is 0 Å². The number of thioether (sulfide) groups is 1. The Labute approximate surface area is 165 Å². The molecule has 3 aromatic heterocycles. The Kier molecular flexibility index (Phi) is 5.35. The maximum absolute atomic E-state index is 5.78. The second-order valence-electron chi connectivity index (χ2n) is 6.19. The molecule has 0 N–H and O–H groups in total. The van der Waals surface area contributed by atoms with Gasteiger partial charge in [-0.05, 0) is 43.8 Å². The van der Waals surface area contributed by atoms with Gasteiger partial charge in [-0.2, -0.15) is 4.98 Å². The quantitative estimate of drug-likeness (QED) is 0.313. The first kappa shape index (κ1) is 17.9. The highest BCUT2D eigenvalue weighted by atomic mass is 32.2. The number of benzene rings is 1. The fraction of sp³-hybridized carbons (Fsp3) is 0.263. The van der Waals surface area contributed by atoms with E-state index in [1.807, 2.05) is 17.5 Å². The molecule has 0 fully saturated rings. The van der Waals surface area contributed by atoms with Gasteiger partial charge in [-0.3, -0.25) is 0 Å². The third-order valence-electron chi connectivity index (χ3n) is 3.85. The highest BCUT2D eigenvalue weighted by Gasteiger charge is 2.12. The van der Waals surface area contributed by atoms with Crippen molar-refractivity contribution in [3.05, 3.63) is 52.7 Å². The van der Waals surface area contributed by atoms with Gasteiger partial charge in [-0.1, -0.05) is 40.2 Å². The van der Waals surface area contributed by atoms with Gasteiger partial charge in [0.05, 0.1) is 4.88 Å². The van der Waals surface area contributed by atoms with Crippen LogP contribution < -0.4 is 0 Å². The normalized spacial score (nSPS) is 11.2. The van der Waals surface area contributed by atoms with Crippen molar-refractivity contribution in [2.24, 2.45) is 0 Å². The van der Waals surface area contributed by atoms with E-state index in [1.165, 1.54) is 11.1 Å². The monoisotopic (exact) mass is 398 g/mol. The average molecular weight is 399 g/mol. The number of hydrogen-bond donors (Lipinski definition) is 0. The van der Waals surface area contributed by atoms with Gasteiger partial charge >= 0.3 is 0 Å².